The topological polar surface area (TPSA) is 75.3 Å². The van der Waals surface area contributed by atoms with Crippen LogP contribution in [0.1, 0.15) is 10.4 Å². The van der Waals surface area contributed by atoms with Crippen molar-refractivity contribution in [1.82, 2.24) is 14.9 Å². The smallest absolute Gasteiger partial charge is 0.180 e. The summed E-state index contributed by atoms with van der Waals surface area (Å²) in [7, 11) is 0. The van der Waals surface area contributed by atoms with E-state index in [4.69, 9.17) is 10.8 Å². The van der Waals surface area contributed by atoms with Crippen LogP contribution < -0.4 is 5.73 Å². The van der Waals surface area contributed by atoms with Gasteiger partial charge in [-0.15, -0.1) is 11.3 Å². The molecule has 2 aromatic heterocycles. The molecule has 5 nitrogen and oxygen atoms in total. The molecular weight excluding hydrogens is 248 g/mol. The average Bonchev–Trinajstić information content (AvgIpc) is 2.76. The summed E-state index contributed by atoms with van der Waals surface area (Å²) < 4.78 is 0. The summed E-state index contributed by atoms with van der Waals surface area (Å²) in [5.74, 6) is 0. The monoisotopic (exact) mass is 264 g/mol. The number of aromatic nitrogens is 2. The number of thiazole rings is 1. The van der Waals surface area contributed by atoms with Gasteiger partial charge in [-0.05, 0) is 11.6 Å². The summed E-state index contributed by atoms with van der Waals surface area (Å²) in [5, 5.41) is 9.68. The first kappa shape index (κ1) is 12.9. The largest absolute Gasteiger partial charge is 0.395 e. The second kappa shape index (κ2) is 6.44. The molecule has 0 aromatic carbocycles. The molecule has 3 N–H and O–H groups in total. The Labute approximate surface area is 110 Å². The number of hydrogen-bond donors (Lipinski definition) is 2. The van der Waals surface area contributed by atoms with Gasteiger partial charge in [-0.1, -0.05) is 6.07 Å². The van der Waals surface area contributed by atoms with Gasteiger partial charge in [-0.2, -0.15) is 0 Å². The molecule has 2 aromatic rings. The van der Waals surface area contributed by atoms with E-state index >= 15 is 0 Å². The Morgan fingerprint density at radius 2 is 2.22 bits per heavy atom. The van der Waals surface area contributed by atoms with Crippen molar-refractivity contribution in [3.8, 4) is 0 Å². The SMILES string of the molecule is Nc1ncc(CN(CCO)Cc2cccnc2)s1. The lowest BCUT2D eigenvalue weighted by Gasteiger charge is -2.20. The van der Waals surface area contributed by atoms with E-state index in [0.29, 0.717) is 11.7 Å². The first-order valence-electron chi connectivity index (χ1n) is 5.70. The van der Waals surface area contributed by atoms with Crippen LogP contribution in [-0.4, -0.2) is 33.1 Å². The highest BCUT2D eigenvalue weighted by Crippen LogP contribution is 2.17. The minimum Gasteiger partial charge on any atom is -0.395 e. The van der Waals surface area contributed by atoms with Gasteiger partial charge in [0.05, 0.1) is 6.61 Å². The quantitative estimate of drug-likeness (QED) is 0.817. The summed E-state index contributed by atoms with van der Waals surface area (Å²) in [4.78, 5) is 11.4. The van der Waals surface area contributed by atoms with Crippen molar-refractivity contribution in [1.29, 1.82) is 0 Å². The first-order chi connectivity index (χ1) is 8.78. The fourth-order valence-corrected chi connectivity index (χ4v) is 2.45. The highest BCUT2D eigenvalue weighted by molar-refractivity contribution is 7.15. The molecule has 0 radical (unpaired) electrons. The van der Waals surface area contributed by atoms with Gasteiger partial charge in [-0.25, -0.2) is 4.98 Å². The van der Waals surface area contributed by atoms with Gasteiger partial charge in [0, 0.05) is 43.1 Å². The molecule has 0 unspecified atom stereocenters. The van der Waals surface area contributed by atoms with Crippen LogP contribution in [0.3, 0.4) is 0 Å². The average molecular weight is 264 g/mol. The lowest BCUT2D eigenvalue weighted by molar-refractivity contribution is 0.185. The van der Waals surface area contributed by atoms with Gasteiger partial charge < -0.3 is 10.8 Å². The third kappa shape index (κ3) is 3.76. The van der Waals surface area contributed by atoms with Crippen LogP contribution in [0.5, 0.6) is 0 Å². The number of nitrogens with two attached hydrogens (primary N) is 1. The molecule has 2 rings (SSSR count). The molecule has 2 heterocycles. The van der Waals surface area contributed by atoms with Crippen molar-refractivity contribution < 1.29 is 5.11 Å². The van der Waals surface area contributed by atoms with Crippen molar-refractivity contribution in [2.45, 2.75) is 13.1 Å². The number of aliphatic hydroxyl groups excluding tert-OH is 1. The number of rotatable bonds is 6. The maximum Gasteiger partial charge on any atom is 0.180 e. The van der Waals surface area contributed by atoms with E-state index in [-0.39, 0.29) is 6.61 Å². The molecular formula is C12H16N4OS. The summed E-state index contributed by atoms with van der Waals surface area (Å²) in [6.45, 7) is 2.25. The third-order valence-electron chi connectivity index (χ3n) is 2.50. The van der Waals surface area contributed by atoms with Gasteiger partial charge in [0.25, 0.3) is 0 Å². The maximum atomic E-state index is 9.10. The number of hydrogen-bond acceptors (Lipinski definition) is 6. The summed E-state index contributed by atoms with van der Waals surface area (Å²) in [6, 6.07) is 3.94. The molecule has 0 atom stereocenters. The Morgan fingerprint density at radius 3 is 2.83 bits per heavy atom. The summed E-state index contributed by atoms with van der Waals surface area (Å²) in [6.07, 6.45) is 5.38. The highest BCUT2D eigenvalue weighted by atomic mass is 32.1. The van der Waals surface area contributed by atoms with Crippen molar-refractivity contribution in [2.24, 2.45) is 0 Å². The summed E-state index contributed by atoms with van der Waals surface area (Å²) in [5.41, 5.74) is 6.74. The number of pyridine rings is 1. The predicted molar refractivity (Wildman–Crippen MR) is 72.0 cm³/mol. The van der Waals surface area contributed by atoms with Gasteiger partial charge >= 0.3 is 0 Å². The number of aliphatic hydroxyl groups is 1. The molecule has 0 saturated heterocycles. The van der Waals surface area contributed by atoms with Gasteiger partial charge in [0.1, 0.15) is 0 Å². The highest BCUT2D eigenvalue weighted by Gasteiger charge is 2.08. The minimum absolute atomic E-state index is 0.133. The molecule has 18 heavy (non-hydrogen) atoms. The van der Waals surface area contributed by atoms with E-state index in [2.05, 4.69) is 14.9 Å². The predicted octanol–water partition coefficient (Wildman–Crippen LogP) is 1.11. The fourth-order valence-electron chi connectivity index (χ4n) is 1.72. The zero-order valence-corrected chi connectivity index (χ0v) is 10.8. The minimum atomic E-state index is 0.133. The molecule has 0 spiro atoms. The number of anilines is 1. The van der Waals surface area contributed by atoms with Crippen molar-refractivity contribution in [3.05, 3.63) is 41.2 Å². The third-order valence-corrected chi connectivity index (χ3v) is 3.31. The Balaban J connectivity index is 1.99. The maximum absolute atomic E-state index is 9.10. The molecule has 6 heteroatoms. The van der Waals surface area contributed by atoms with Gasteiger partial charge in [0.2, 0.25) is 0 Å². The molecule has 96 valence electrons. The molecule has 0 aliphatic rings. The normalized spacial score (nSPS) is 11.0. The molecule has 0 aliphatic heterocycles. The van der Waals surface area contributed by atoms with E-state index in [0.717, 1.165) is 23.5 Å². The Bertz CT molecular complexity index is 474. The molecule has 0 aliphatic carbocycles. The van der Waals surface area contributed by atoms with Crippen LogP contribution in [0.4, 0.5) is 5.13 Å². The van der Waals surface area contributed by atoms with Crippen LogP contribution in [0.25, 0.3) is 0 Å². The van der Waals surface area contributed by atoms with E-state index in [9.17, 15) is 0 Å². The van der Waals surface area contributed by atoms with E-state index in [1.807, 2.05) is 18.3 Å². The van der Waals surface area contributed by atoms with Crippen LogP contribution in [0, 0.1) is 0 Å². The Morgan fingerprint density at radius 1 is 1.33 bits per heavy atom. The zero-order chi connectivity index (χ0) is 12.8. The summed E-state index contributed by atoms with van der Waals surface area (Å²) >= 11 is 1.48. The van der Waals surface area contributed by atoms with Crippen LogP contribution in [0.2, 0.25) is 0 Å². The van der Waals surface area contributed by atoms with Crippen LogP contribution in [0.15, 0.2) is 30.7 Å². The first-order valence-corrected chi connectivity index (χ1v) is 6.52. The van der Waals surface area contributed by atoms with Crippen molar-refractivity contribution >= 4 is 16.5 Å². The van der Waals surface area contributed by atoms with Gasteiger partial charge in [-0.3, -0.25) is 9.88 Å². The Hall–Kier alpha value is -1.50. The van der Waals surface area contributed by atoms with E-state index < -0.39 is 0 Å². The standard InChI is InChI=1S/C12H16N4OS/c13-12-15-7-11(18-12)9-16(4-5-17)8-10-2-1-3-14-6-10/h1-3,6-7,17H,4-5,8-9H2,(H2,13,15). The molecule has 0 fully saturated rings. The molecule has 0 amide bonds. The van der Waals surface area contributed by atoms with Gasteiger partial charge in [0.15, 0.2) is 5.13 Å². The van der Waals surface area contributed by atoms with Crippen molar-refractivity contribution in [3.63, 3.8) is 0 Å². The van der Waals surface area contributed by atoms with E-state index in [1.54, 1.807) is 12.4 Å². The fraction of sp³-hybridized carbons (Fsp3) is 0.333. The van der Waals surface area contributed by atoms with Crippen LogP contribution in [-0.2, 0) is 13.1 Å². The molecule has 0 saturated carbocycles. The number of nitrogen functional groups attached to an aromatic ring is 1. The van der Waals surface area contributed by atoms with E-state index in [1.165, 1.54) is 11.3 Å². The van der Waals surface area contributed by atoms with Crippen LogP contribution >= 0.6 is 11.3 Å². The lowest BCUT2D eigenvalue weighted by atomic mass is 10.2. The second-order valence-corrected chi connectivity index (χ2v) is 5.11. The van der Waals surface area contributed by atoms with Crippen molar-refractivity contribution in [2.75, 3.05) is 18.9 Å². The second-order valence-electron chi connectivity index (χ2n) is 3.96. The Kier molecular flexibility index (Phi) is 4.63. The zero-order valence-electron chi connectivity index (χ0n) is 9.99. The number of nitrogens with zero attached hydrogens (tertiary/aromatic N) is 3. The molecule has 0 bridgehead atoms. The lowest BCUT2D eigenvalue weighted by Crippen LogP contribution is -2.25.